The third-order valence-corrected chi connectivity index (χ3v) is 3.80. The van der Waals surface area contributed by atoms with Crippen LogP contribution in [0.1, 0.15) is 59.8 Å². The molecule has 0 radical (unpaired) electrons. The summed E-state index contributed by atoms with van der Waals surface area (Å²) < 4.78 is 5.05. The van der Waals surface area contributed by atoms with Gasteiger partial charge in [0.25, 0.3) is 0 Å². The molecule has 1 aliphatic rings. The lowest BCUT2D eigenvalue weighted by Crippen LogP contribution is -2.57. The van der Waals surface area contributed by atoms with E-state index in [4.69, 9.17) is 4.74 Å². The third kappa shape index (κ3) is 3.98. The van der Waals surface area contributed by atoms with E-state index >= 15 is 0 Å². The first-order chi connectivity index (χ1) is 8.39. The van der Waals surface area contributed by atoms with Crippen molar-refractivity contribution in [2.75, 3.05) is 7.11 Å². The van der Waals surface area contributed by atoms with Gasteiger partial charge in [0, 0.05) is 6.04 Å². The zero-order valence-electron chi connectivity index (χ0n) is 12.6. The van der Waals surface area contributed by atoms with Crippen molar-refractivity contribution in [2.45, 2.75) is 71.4 Å². The summed E-state index contributed by atoms with van der Waals surface area (Å²) in [5.41, 5.74) is -0.444. The van der Waals surface area contributed by atoms with E-state index in [-0.39, 0.29) is 5.97 Å². The van der Waals surface area contributed by atoms with Crippen molar-refractivity contribution in [2.24, 2.45) is 11.8 Å². The molecule has 0 aromatic heterocycles. The highest BCUT2D eigenvalue weighted by Gasteiger charge is 2.43. The van der Waals surface area contributed by atoms with Crippen molar-refractivity contribution in [3.05, 3.63) is 0 Å². The smallest absolute Gasteiger partial charge is 0.326 e. The molecular weight excluding hydrogens is 226 g/mol. The van der Waals surface area contributed by atoms with Crippen LogP contribution in [0.5, 0.6) is 0 Å². The molecule has 1 fully saturated rings. The van der Waals surface area contributed by atoms with Crippen LogP contribution in [0.15, 0.2) is 0 Å². The first-order valence-electron chi connectivity index (χ1n) is 7.25. The van der Waals surface area contributed by atoms with E-state index in [1.54, 1.807) is 0 Å². The highest BCUT2D eigenvalue weighted by molar-refractivity contribution is 5.81. The number of esters is 1. The second-order valence-electron chi connectivity index (χ2n) is 6.46. The van der Waals surface area contributed by atoms with E-state index in [0.29, 0.717) is 17.9 Å². The summed E-state index contributed by atoms with van der Waals surface area (Å²) in [6.07, 6.45) is 5.41. The highest BCUT2D eigenvalue weighted by atomic mass is 16.5. The fourth-order valence-electron chi connectivity index (χ4n) is 3.38. The molecule has 0 heterocycles. The number of methoxy groups -OCH3 is 1. The molecule has 2 unspecified atom stereocenters. The standard InChI is InChI=1S/C15H29NO2/c1-11(2)9-13-7-6-8-15(10-13,14(17)18-5)16-12(3)4/h11-13,16H,6-10H2,1-5H3. The van der Waals surface area contributed by atoms with Crippen LogP contribution in [0.25, 0.3) is 0 Å². The number of hydrogen-bond donors (Lipinski definition) is 1. The Morgan fingerprint density at radius 3 is 2.56 bits per heavy atom. The summed E-state index contributed by atoms with van der Waals surface area (Å²) in [5, 5.41) is 3.47. The fraction of sp³-hybridized carbons (Fsp3) is 0.933. The number of carbonyl (C=O) groups is 1. The van der Waals surface area contributed by atoms with E-state index in [1.807, 2.05) is 0 Å². The van der Waals surface area contributed by atoms with Crippen LogP contribution < -0.4 is 5.32 Å². The Morgan fingerprint density at radius 2 is 2.06 bits per heavy atom. The van der Waals surface area contributed by atoms with Gasteiger partial charge in [-0.15, -0.1) is 0 Å². The Hall–Kier alpha value is -0.570. The fourth-order valence-corrected chi connectivity index (χ4v) is 3.38. The predicted octanol–water partition coefficient (Wildman–Crippen LogP) is 3.13. The van der Waals surface area contributed by atoms with Crippen LogP contribution in [-0.2, 0) is 9.53 Å². The quantitative estimate of drug-likeness (QED) is 0.767. The minimum atomic E-state index is -0.444. The molecule has 3 nitrogen and oxygen atoms in total. The first-order valence-corrected chi connectivity index (χ1v) is 7.25. The average Bonchev–Trinajstić information content (AvgIpc) is 2.26. The molecule has 0 aromatic rings. The van der Waals surface area contributed by atoms with Crippen LogP contribution in [0, 0.1) is 11.8 Å². The van der Waals surface area contributed by atoms with Gasteiger partial charge < -0.3 is 4.74 Å². The van der Waals surface area contributed by atoms with Crippen LogP contribution in [0.3, 0.4) is 0 Å². The van der Waals surface area contributed by atoms with Crippen LogP contribution >= 0.6 is 0 Å². The van der Waals surface area contributed by atoms with Gasteiger partial charge in [0.05, 0.1) is 7.11 Å². The van der Waals surface area contributed by atoms with Gasteiger partial charge in [0.2, 0.25) is 0 Å². The minimum Gasteiger partial charge on any atom is -0.468 e. The molecule has 0 saturated heterocycles. The van der Waals surface area contributed by atoms with E-state index in [9.17, 15) is 4.79 Å². The molecule has 2 atom stereocenters. The molecule has 1 N–H and O–H groups in total. The Bertz CT molecular complexity index is 276. The molecule has 18 heavy (non-hydrogen) atoms. The van der Waals surface area contributed by atoms with Crippen LogP contribution in [0.4, 0.5) is 0 Å². The molecule has 0 aromatic carbocycles. The lowest BCUT2D eigenvalue weighted by atomic mass is 9.72. The molecule has 1 saturated carbocycles. The number of hydrogen-bond acceptors (Lipinski definition) is 3. The van der Waals surface area contributed by atoms with Crippen LogP contribution in [-0.4, -0.2) is 24.7 Å². The molecule has 0 bridgehead atoms. The number of nitrogens with one attached hydrogen (secondary N) is 1. The van der Waals surface area contributed by atoms with E-state index in [1.165, 1.54) is 20.0 Å². The number of rotatable bonds is 5. The van der Waals surface area contributed by atoms with Crippen LogP contribution in [0.2, 0.25) is 0 Å². The first kappa shape index (κ1) is 15.5. The molecular formula is C15H29NO2. The number of carbonyl (C=O) groups excluding carboxylic acids is 1. The summed E-state index contributed by atoms with van der Waals surface area (Å²) in [6.45, 7) is 8.70. The van der Waals surface area contributed by atoms with Gasteiger partial charge in [-0.25, -0.2) is 0 Å². The van der Waals surface area contributed by atoms with Gasteiger partial charge in [-0.05, 0) is 44.9 Å². The second-order valence-corrected chi connectivity index (χ2v) is 6.46. The Morgan fingerprint density at radius 1 is 1.39 bits per heavy atom. The SMILES string of the molecule is COC(=O)C1(NC(C)C)CCCC(CC(C)C)C1. The zero-order chi connectivity index (χ0) is 13.8. The molecule has 3 heteroatoms. The molecule has 1 rings (SSSR count). The van der Waals surface area contributed by atoms with E-state index in [0.717, 1.165) is 19.3 Å². The third-order valence-electron chi connectivity index (χ3n) is 3.80. The Labute approximate surface area is 112 Å². The normalized spacial score (nSPS) is 28.7. The lowest BCUT2D eigenvalue weighted by molar-refractivity contribution is -0.151. The Kier molecular flexibility index (Phi) is 5.64. The van der Waals surface area contributed by atoms with Crippen molar-refractivity contribution < 1.29 is 9.53 Å². The maximum atomic E-state index is 12.2. The highest BCUT2D eigenvalue weighted by Crippen LogP contribution is 2.37. The van der Waals surface area contributed by atoms with Gasteiger partial charge in [-0.3, -0.25) is 10.1 Å². The van der Waals surface area contributed by atoms with Crippen molar-refractivity contribution in [1.29, 1.82) is 0 Å². The summed E-state index contributed by atoms with van der Waals surface area (Å²) in [7, 11) is 1.50. The monoisotopic (exact) mass is 255 g/mol. The second kappa shape index (κ2) is 6.55. The largest absolute Gasteiger partial charge is 0.468 e. The lowest BCUT2D eigenvalue weighted by Gasteiger charge is -2.41. The van der Waals surface area contributed by atoms with Gasteiger partial charge in [-0.1, -0.05) is 26.7 Å². The van der Waals surface area contributed by atoms with Crippen molar-refractivity contribution in [1.82, 2.24) is 5.32 Å². The summed E-state index contributed by atoms with van der Waals surface area (Å²) in [6, 6.07) is 0.307. The zero-order valence-corrected chi connectivity index (χ0v) is 12.6. The topological polar surface area (TPSA) is 38.3 Å². The molecule has 106 valence electrons. The number of ether oxygens (including phenoxy) is 1. The van der Waals surface area contributed by atoms with E-state index < -0.39 is 5.54 Å². The molecule has 0 spiro atoms. The predicted molar refractivity (Wildman–Crippen MR) is 74.4 cm³/mol. The molecule has 1 aliphatic carbocycles. The van der Waals surface area contributed by atoms with Gasteiger partial charge in [0.1, 0.15) is 5.54 Å². The minimum absolute atomic E-state index is 0.0790. The summed E-state index contributed by atoms with van der Waals surface area (Å²) in [5.74, 6) is 1.26. The Balaban J connectivity index is 2.79. The molecule has 0 aliphatic heterocycles. The molecule has 0 amide bonds. The van der Waals surface area contributed by atoms with Gasteiger partial charge in [0.15, 0.2) is 0 Å². The van der Waals surface area contributed by atoms with Gasteiger partial charge in [-0.2, -0.15) is 0 Å². The van der Waals surface area contributed by atoms with Crippen molar-refractivity contribution >= 4 is 5.97 Å². The van der Waals surface area contributed by atoms with E-state index in [2.05, 4.69) is 33.0 Å². The van der Waals surface area contributed by atoms with Gasteiger partial charge >= 0.3 is 5.97 Å². The maximum absolute atomic E-state index is 12.2. The average molecular weight is 255 g/mol. The van der Waals surface area contributed by atoms with Crippen molar-refractivity contribution in [3.63, 3.8) is 0 Å². The summed E-state index contributed by atoms with van der Waals surface area (Å²) in [4.78, 5) is 12.2. The van der Waals surface area contributed by atoms with Crippen molar-refractivity contribution in [3.8, 4) is 0 Å². The summed E-state index contributed by atoms with van der Waals surface area (Å²) >= 11 is 0. The maximum Gasteiger partial charge on any atom is 0.326 e.